The van der Waals surface area contributed by atoms with E-state index in [1.165, 1.54) is 16.8 Å². The van der Waals surface area contributed by atoms with Crippen LogP contribution in [-0.4, -0.2) is 48.3 Å². The first-order valence-corrected chi connectivity index (χ1v) is 9.97. The maximum Gasteiger partial charge on any atom is 0.260 e. The highest BCUT2D eigenvalue weighted by Crippen LogP contribution is 2.24. The number of H-pyrrole nitrogens is 1. The Kier molecular flexibility index (Phi) is 5.58. The zero-order valence-electron chi connectivity index (χ0n) is 14.5. The van der Waals surface area contributed by atoms with Crippen LogP contribution < -0.4 is 10.1 Å². The lowest BCUT2D eigenvalue weighted by Crippen LogP contribution is -2.41. The summed E-state index contributed by atoms with van der Waals surface area (Å²) in [5.74, 6) is 0.449. The van der Waals surface area contributed by atoms with Crippen LogP contribution in [0.4, 0.5) is 5.69 Å². The quantitative estimate of drug-likeness (QED) is 0.798. The van der Waals surface area contributed by atoms with Crippen molar-refractivity contribution in [2.75, 3.05) is 25.0 Å². The Balaban J connectivity index is 1.55. The van der Waals surface area contributed by atoms with Crippen LogP contribution in [0.5, 0.6) is 5.75 Å². The van der Waals surface area contributed by atoms with Crippen LogP contribution in [0.1, 0.15) is 19.8 Å². The first kappa shape index (κ1) is 18.4. The van der Waals surface area contributed by atoms with Crippen LogP contribution in [0, 0.1) is 5.92 Å². The van der Waals surface area contributed by atoms with Gasteiger partial charge in [0.1, 0.15) is 5.75 Å². The van der Waals surface area contributed by atoms with E-state index in [-0.39, 0.29) is 16.9 Å². The number of rotatable bonds is 6. The van der Waals surface area contributed by atoms with Gasteiger partial charge >= 0.3 is 0 Å². The van der Waals surface area contributed by atoms with Crippen LogP contribution in [0.15, 0.2) is 41.8 Å². The number of benzene rings is 1. The molecule has 140 valence electrons. The number of anilines is 1. The fourth-order valence-electron chi connectivity index (χ4n) is 2.93. The lowest BCUT2D eigenvalue weighted by Gasteiger charge is -2.30. The first-order valence-electron chi connectivity index (χ1n) is 8.53. The van der Waals surface area contributed by atoms with E-state index in [4.69, 9.17) is 4.74 Å². The summed E-state index contributed by atoms with van der Waals surface area (Å²) < 4.78 is 31.7. The van der Waals surface area contributed by atoms with Crippen molar-refractivity contribution < 1.29 is 17.9 Å². The number of hydrogen-bond donors (Lipinski definition) is 2. The molecular weight excluding hydrogens is 356 g/mol. The molecule has 26 heavy (non-hydrogen) atoms. The molecule has 3 rings (SSSR count). The number of carbonyl (C=O) groups is 1. The van der Waals surface area contributed by atoms with Gasteiger partial charge < -0.3 is 15.0 Å². The minimum absolute atomic E-state index is 0.0785. The van der Waals surface area contributed by atoms with Gasteiger partial charge in [0.25, 0.3) is 10.0 Å². The molecule has 1 aliphatic rings. The SMILES string of the molecule is CCOc1ccc(NC(=O)C2CCN(S(=O)(=O)c3cnc[nH]3)CC2)cc1. The highest BCUT2D eigenvalue weighted by Gasteiger charge is 2.32. The third kappa shape index (κ3) is 4.05. The fourth-order valence-corrected chi connectivity index (χ4v) is 4.29. The number of nitrogens with zero attached hydrogens (tertiary/aromatic N) is 2. The van der Waals surface area contributed by atoms with E-state index in [0.29, 0.717) is 38.2 Å². The molecule has 2 heterocycles. The van der Waals surface area contributed by atoms with Gasteiger partial charge in [-0.2, -0.15) is 4.31 Å². The highest BCUT2D eigenvalue weighted by molar-refractivity contribution is 7.89. The van der Waals surface area contributed by atoms with Crippen molar-refractivity contribution >= 4 is 21.6 Å². The summed E-state index contributed by atoms with van der Waals surface area (Å²) in [7, 11) is -3.57. The Morgan fingerprint density at radius 1 is 1.31 bits per heavy atom. The smallest absolute Gasteiger partial charge is 0.260 e. The van der Waals surface area contributed by atoms with E-state index in [1.54, 1.807) is 24.3 Å². The van der Waals surface area contributed by atoms with Crippen LogP contribution in [0.3, 0.4) is 0 Å². The molecule has 1 aromatic heterocycles. The Labute approximate surface area is 152 Å². The van der Waals surface area contributed by atoms with Crippen molar-refractivity contribution in [3.8, 4) is 5.75 Å². The number of hydrogen-bond acceptors (Lipinski definition) is 5. The van der Waals surface area contributed by atoms with Crippen LogP contribution in [0.25, 0.3) is 0 Å². The van der Waals surface area contributed by atoms with Crippen molar-refractivity contribution in [2.45, 2.75) is 24.8 Å². The summed E-state index contributed by atoms with van der Waals surface area (Å²) in [6.45, 7) is 3.12. The van der Waals surface area contributed by atoms with Crippen LogP contribution in [0.2, 0.25) is 0 Å². The minimum Gasteiger partial charge on any atom is -0.494 e. The van der Waals surface area contributed by atoms with Crippen LogP contribution in [-0.2, 0) is 14.8 Å². The average Bonchev–Trinajstić information content (AvgIpc) is 3.19. The van der Waals surface area contributed by atoms with Crippen molar-refractivity contribution in [1.82, 2.24) is 14.3 Å². The number of nitrogens with one attached hydrogen (secondary N) is 2. The maximum absolute atomic E-state index is 12.4. The molecule has 0 bridgehead atoms. The number of piperidine rings is 1. The van der Waals surface area contributed by atoms with E-state index in [9.17, 15) is 13.2 Å². The van der Waals surface area contributed by atoms with E-state index in [2.05, 4.69) is 15.3 Å². The summed E-state index contributed by atoms with van der Waals surface area (Å²) in [5, 5.41) is 2.96. The van der Waals surface area contributed by atoms with Crippen molar-refractivity contribution in [3.05, 3.63) is 36.8 Å². The zero-order chi connectivity index (χ0) is 18.6. The van der Waals surface area contributed by atoms with Gasteiger partial charge in [-0.15, -0.1) is 0 Å². The molecular formula is C17H22N4O4S. The number of sulfonamides is 1. The number of imidazole rings is 1. The molecule has 1 fully saturated rings. The lowest BCUT2D eigenvalue weighted by atomic mass is 9.97. The van der Waals surface area contributed by atoms with Gasteiger partial charge in [0.15, 0.2) is 5.03 Å². The third-order valence-corrected chi connectivity index (χ3v) is 6.17. The third-order valence-electron chi connectivity index (χ3n) is 4.35. The predicted molar refractivity (Wildman–Crippen MR) is 96.3 cm³/mol. The summed E-state index contributed by atoms with van der Waals surface area (Å²) in [5.41, 5.74) is 0.700. The van der Waals surface area contributed by atoms with Gasteiger partial charge in [-0.05, 0) is 44.0 Å². The predicted octanol–water partition coefficient (Wildman–Crippen LogP) is 1.85. The van der Waals surface area contributed by atoms with E-state index >= 15 is 0 Å². The number of aromatic amines is 1. The highest BCUT2D eigenvalue weighted by atomic mass is 32.2. The molecule has 1 aromatic carbocycles. The Morgan fingerprint density at radius 2 is 2.00 bits per heavy atom. The molecule has 0 radical (unpaired) electrons. The van der Waals surface area contributed by atoms with E-state index in [1.807, 2.05) is 6.92 Å². The van der Waals surface area contributed by atoms with Crippen molar-refractivity contribution in [3.63, 3.8) is 0 Å². The summed E-state index contributed by atoms with van der Waals surface area (Å²) in [6, 6.07) is 7.19. The second kappa shape index (κ2) is 7.88. The van der Waals surface area contributed by atoms with Gasteiger partial charge in [0, 0.05) is 24.7 Å². The Morgan fingerprint density at radius 3 is 2.58 bits per heavy atom. The van der Waals surface area contributed by atoms with E-state index in [0.717, 1.165) is 5.75 Å². The molecule has 1 saturated heterocycles. The normalized spacial score (nSPS) is 16.3. The summed E-state index contributed by atoms with van der Waals surface area (Å²) in [4.78, 5) is 18.8. The largest absolute Gasteiger partial charge is 0.494 e. The number of ether oxygens (including phenoxy) is 1. The van der Waals surface area contributed by atoms with Gasteiger partial charge in [-0.3, -0.25) is 4.79 Å². The van der Waals surface area contributed by atoms with Gasteiger partial charge in [-0.1, -0.05) is 0 Å². The molecule has 1 amide bonds. The molecule has 2 aromatic rings. The second-order valence-electron chi connectivity index (χ2n) is 6.04. The molecule has 0 spiro atoms. The monoisotopic (exact) mass is 378 g/mol. The molecule has 0 saturated carbocycles. The molecule has 2 N–H and O–H groups in total. The summed E-state index contributed by atoms with van der Waals surface area (Å²) in [6.07, 6.45) is 3.59. The topological polar surface area (TPSA) is 104 Å². The van der Waals surface area contributed by atoms with E-state index < -0.39 is 10.0 Å². The zero-order valence-corrected chi connectivity index (χ0v) is 15.3. The van der Waals surface area contributed by atoms with Gasteiger partial charge in [-0.25, -0.2) is 13.4 Å². The number of carbonyl (C=O) groups excluding carboxylic acids is 1. The standard InChI is InChI=1S/C17H22N4O4S/c1-2-25-15-5-3-14(4-6-15)20-17(22)13-7-9-21(10-8-13)26(23,24)16-11-18-12-19-16/h3-6,11-13H,2,7-10H2,1H3,(H,18,19)(H,20,22). The van der Waals surface area contributed by atoms with Crippen molar-refractivity contribution in [1.29, 1.82) is 0 Å². The molecule has 1 aliphatic heterocycles. The summed E-state index contributed by atoms with van der Waals surface area (Å²) >= 11 is 0. The second-order valence-corrected chi connectivity index (χ2v) is 7.95. The maximum atomic E-state index is 12.4. The Hall–Kier alpha value is -2.39. The number of aromatic nitrogens is 2. The Bertz CT molecular complexity index is 826. The molecule has 0 atom stereocenters. The van der Waals surface area contributed by atoms with Crippen LogP contribution >= 0.6 is 0 Å². The van der Waals surface area contributed by atoms with Gasteiger partial charge in [0.05, 0.1) is 19.1 Å². The molecule has 9 heteroatoms. The van der Waals surface area contributed by atoms with Crippen molar-refractivity contribution in [2.24, 2.45) is 5.92 Å². The van der Waals surface area contributed by atoms with Gasteiger partial charge in [0.2, 0.25) is 5.91 Å². The minimum atomic E-state index is -3.57. The average molecular weight is 378 g/mol. The molecule has 8 nitrogen and oxygen atoms in total. The molecule has 0 unspecified atom stereocenters. The number of amides is 1. The molecule has 0 aliphatic carbocycles. The fraction of sp³-hybridized carbons (Fsp3) is 0.412. The lowest BCUT2D eigenvalue weighted by molar-refractivity contribution is -0.120. The first-order chi connectivity index (χ1) is 12.5.